The van der Waals surface area contributed by atoms with Gasteiger partial charge >= 0.3 is 0 Å². The highest BCUT2D eigenvalue weighted by Gasteiger charge is 2.31. The van der Waals surface area contributed by atoms with Crippen molar-refractivity contribution in [2.24, 2.45) is 0 Å². The monoisotopic (exact) mass is 392 g/mol. The van der Waals surface area contributed by atoms with E-state index in [2.05, 4.69) is 64.4 Å². The Morgan fingerprint density at radius 3 is 2.11 bits per heavy atom. The lowest BCUT2D eigenvalue weighted by Crippen LogP contribution is -2.41. The summed E-state index contributed by atoms with van der Waals surface area (Å²) in [6.07, 6.45) is 6.21. The summed E-state index contributed by atoms with van der Waals surface area (Å²) in [5.74, 6) is 0.849. The molecule has 2 aromatic carbocycles. The Morgan fingerprint density at radius 2 is 1.50 bits per heavy atom. The maximum Gasteiger partial charge on any atom is 0.233 e. The number of hydrogen-bond acceptors (Lipinski definition) is 3. The standard InChI is InChI=1S/C24H28N2OS/c27-23-19-28-24(26(23)17-16-25-14-8-3-9-15-25)18-22(20-10-4-1-5-11-20)21-12-6-2-7-13-21/h1-2,4-7,10-13,18,24H,3,8-9,14-17,19H2. The van der Waals surface area contributed by atoms with Crippen molar-refractivity contribution in [3.05, 3.63) is 77.9 Å². The first-order valence-electron chi connectivity index (χ1n) is 10.3. The Hall–Kier alpha value is -2.04. The largest absolute Gasteiger partial charge is 0.325 e. The maximum absolute atomic E-state index is 12.6. The molecule has 1 amide bonds. The summed E-state index contributed by atoms with van der Waals surface area (Å²) >= 11 is 1.74. The van der Waals surface area contributed by atoms with Crippen LogP contribution in [0.3, 0.4) is 0 Å². The third kappa shape index (κ3) is 4.68. The highest BCUT2D eigenvalue weighted by molar-refractivity contribution is 8.01. The van der Waals surface area contributed by atoms with E-state index in [1.54, 1.807) is 11.8 Å². The van der Waals surface area contributed by atoms with E-state index in [1.807, 2.05) is 12.1 Å². The van der Waals surface area contributed by atoms with Crippen molar-refractivity contribution in [3.63, 3.8) is 0 Å². The third-order valence-electron chi connectivity index (χ3n) is 5.59. The average Bonchev–Trinajstić information content (AvgIpc) is 3.11. The molecule has 1 unspecified atom stereocenters. The van der Waals surface area contributed by atoms with Gasteiger partial charge in [0.1, 0.15) is 0 Å². The second kappa shape index (κ2) is 9.44. The first kappa shape index (κ1) is 19.3. The zero-order chi connectivity index (χ0) is 19.2. The van der Waals surface area contributed by atoms with Crippen LogP contribution in [0, 0.1) is 0 Å². The Morgan fingerprint density at radius 1 is 0.893 bits per heavy atom. The van der Waals surface area contributed by atoms with Gasteiger partial charge in [-0.3, -0.25) is 4.79 Å². The molecule has 0 saturated carbocycles. The van der Waals surface area contributed by atoms with Gasteiger partial charge in [-0.05, 0) is 48.7 Å². The smallest absolute Gasteiger partial charge is 0.233 e. The first-order chi connectivity index (χ1) is 13.8. The molecule has 4 rings (SSSR count). The maximum atomic E-state index is 12.6. The van der Waals surface area contributed by atoms with Crippen LogP contribution in [0.15, 0.2) is 66.7 Å². The lowest BCUT2D eigenvalue weighted by atomic mass is 9.97. The summed E-state index contributed by atoms with van der Waals surface area (Å²) in [6, 6.07) is 21.0. The summed E-state index contributed by atoms with van der Waals surface area (Å²) in [4.78, 5) is 17.2. The molecule has 0 radical (unpaired) electrons. The molecule has 2 saturated heterocycles. The molecule has 28 heavy (non-hydrogen) atoms. The van der Waals surface area contributed by atoms with Gasteiger partial charge in [0.05, 0.1) is 11.1 Å². The zero-order valence-corrected chi connectivity index (χ0v) is 17.1. The van der Waals surface area contributed by atoms with E-state index in [0.29, 0.717) is 5.75 Å². The number of carbonyl (C=O) groups excluding carboxylic acids is 1. The molecule has 2 heterocycles. The Labute approximate surface area is 172 Å². The van der Waals surface area contributed by atoms with Gasteiger partial charge in [-0.15, -0.1) is 11.8 Å². The lowest BCUT2D eigenvalue weighted by Gasteiger charge is -2.30. The Balaban J connectivity index is 1.56. The molecule has 4 heteroatoms. The summed E-state index contributed by atoms with van der Waals surface area (Å²) < 4.78 is 0. The highest BCUT2D eigenvalue weighted by atomic mass is 32.2. The molecule has 2 aliphatic rings. The van der Waals surface area contributed by atoms with Crippen LogP contribution in [0.25, 0.3) is 5.57 Å². The number of benzene rings is 2. The molecule has 0 aliphatic carbocycles. The van der Waals surface area contributed by atoms with Crippen molar-refractivity contribution in [1.29, 1.82) is 0 Å². The number of thioether (sulfide) groups is 1. The fourth-order valence-corrected chi connectivity index (χ4v) is 5.15. The number of amides is 1. The molecule has 2 aliphatic heterocycles. The van der Waals surface area contributed by atoms with Crippen LogP contribution in [0.2, 0.25) is 0 Å². The number of rotatable bonds is 6. The van der Waals surface area contributed by atoms with Crippen LogP contribution < -0.4 is 0 Å². The van der Waals surface area contributed by atoms with Gasteiger partial charge in [-0.1, -0.05) is 67.1 Å². The molecule has 0 aromatic heterocycles. The van der Waals surface area contributed by atoms with Crippen molar-refractivity contribution in [2.75, 3.05) is 31.9 Å². The fraction of sp³-hybridized carbons (Fsp3) is 0.375. The van der Waals surface area contributed by atoms with E-state index >= 15 is 0 Å². The minimum absolute atomic E-state index is 0.104. The van der Waals surface area contributed by atoms with Crippen LogP contribution in [-0.2, 0) is 4.79 Å². The van der Waals surface area contributed by atoms with Crippen LogP contribution in [-0.4, -0.2) is 53.0 Å². The topological polar surface area (TPSA) is 23.6 Å². The normalized spacial score (nSPS) is 20.4. The summed E-state index contributed by atoms with van der Waals surface area (Å²) in [5.41, 5.74) is 3.60. The molecular formula is C24H28N2OS. The SMILES string of the molecule is O=C1CSC(C=C(c2ccccc2)c2ccccc2)N1CCN1CCCCC1. The van der Waals surface area contributed by atoms with Gasteiger partial charge in [0.25, 0.3) is 0 Å². The molecule has 0 N–H and O–H groups in total. The van der Waals surface area contributed by atoms with Crippen LogP contribution in [0.1, 0.15) is 30.4 Å². The second-order valence-electron chi connectivity index (χ2n) is 7.50. The average molecular weight is 393 g/mol. The van der Waals surface area contributed by atoms with Crippen LogP contribution in [0.4, 0.5) is 0 Å². The van der Waals surface area contributed by atoms with Gasteiger partial charge < -0.3 is 9.80 Å². The van der Waals surface area contributed by atoms with E-state index in [4.69, 9.17) is 0 Å². The molecule has 2 aromatic rings. The Bertz CT molecular complexity index is 758. The van der Waals surface area contributed by atoms with Gasteiger partial charge in [-0.25, -0.2) is 0 Å². The number of nitrogens with zero attached hydrogens (tertiary/aromatic N) is 2. The molecule has 0 bridgehead atoms. The highest BCUT2D eigenvalue weighted by Crippen LogP contribution is 2.31. The predicted octanol–water partition coefficient (Wildman–Crippen LogP) is 4.51. The van der Waals surface area contributed by atoms with Crippen LogP contribution >= 0.6 is 11.8 Å². The van der Waals surface area contributed by atoms with Crippen LogP contribution in [0.5, 0.6) is 0 Å². The van der Waals surface area contributed by atoms with Crippen molar-refractivity contribution >= 4 is 23.2 Å². The second-order valence-corrected chi connectivity index (χ2v) is 8.61. The number of likely N-dealkylation sites (tertiary alicyclic amines) is 1. The molecule has 1 atom stereocenters. The van der Waals surface area contributed by atoms with E-state index in [9.17, 15) is 4.79 Å². The summed E-state index contributed by atoms with van der Waals surface area (Å²) in [5, 5.41) is 0.104. The number of piperidine rings is 1. The molecule has 2 fully saturated rings. The van der Waals surface area contributed by atoms with Crippen molar-refractivity contribution < 1.29 is 4.79 Å². The van der Waals surface area contributed by atoms with E-state index in [-0.39, 0.29) is 11.3 Å². The predicted molar refractivity (Wildman–Crippen MR) is 118 cm³/mol. The lowest BCUT2D eigenvalue weighted by molar-refractivity contribution is -0.127. The molecule has 146 valence electrons. The molecule has 3 nitrogen and oxygen atoms in total. The number of hydrogen-bond donors (Lipinski definition) is 0. The summed E-state index contributed by atoms with van der Waals surface area (Å²) in [7, 11) is 0. The van der Waals surface area contributed by atoms with Crippen molar-refractivity contribution in [2.45, 2.75) is 24.6 Å². The fourth-order valence-electron chi connectivity index (χ4n) is 4.03. The Kier molecular flexibility index (Phi) is 6.50. The van der Waals surface area contributed by atoms with E-state index in [0.717, 1.165) is 13.1 Å². The zero-order valence-electron chi connectivity index (χ0n) is 16.3. The minimum atomic E-state index is 0.104. The minimum Gasteiger partial charge on any atom is -0.325 e. The summed E-state index contributed by atoms with van der Waals surface area (Å²) in [6.45, 7) is 4.16. The van der Waals surface area contributed by atoms with Gasteiger partial charge in [-0.2, -0.15) is 0 Å². The third-order valence-corrected chi connectivity index (χ3v) is 6.74. The quantitative estimate of drug-likeness (QED) is 0.723. The van der Waals surface area contributed by atoms with Crippen molar-refractivity contribution in [3.8, 4) is 0 Å². The van der Waals surface area contributed by atoms with Gasteiger partial charge in [0, 0.05) is 13.1 Å². The molecule has 0 spiro atoms. The van der Waals surface area contributed by atoms with E-state index in [1.165, 1.54) is 49.1 Å². The molecular weight excluding hydrogens is 364 g/mol. The van der Waals surface area contributed by atoms with E-state index < -0.39 is 0 Å². The first-order valence-corrected chi connectivity index (χ1v) is 11.3. The number of carbonyl (C=O) groups is 1. The van der Waals surface area contributed by atoms with Gasteiger partial charge in [0.15, 0.2) is 0 Å². The van der Waals surface area contributed by atoms with Gasteiger partial charge in [0.2, 0.25) is 5.91 Å². The van der Waals surface area contributed by atoms with Crippen molar-refractivity contribution in [1.82, 2.24) is 9.80 Å².